The molecule has 0 fully saturated rings. The molecule has 0 aliphatic heterocycles. The average molecular weight is 1540 g/mol. The minimum atomic E-state index is -2.34. The number of hydrogen-bond acceptors (Lipinski definition) is 28. The molecule has 0 saturated carbocycles. The zero-order valence-electron chi connectivity index (χ0n) is 70.4. The van der Waals surface area contributed by atoms with Crippen molar-refractivity contribution in [2.24, 2.45) is 21.7 Å². The fourth-order valence-corrected chi connectivity index (χ4v) is 7.96. The third kappa shape index (κ3) is 42.5. The van der Waals surface area contributed by atoms with Crippen molar-refractivity contribution in [2.75, 3.05) is 26.4 Å². The van der Waals surface area contributed by atoms with Gasteiger partial charge >= 0.3 is 93.3 Å². The summed E-state index contributed by atoms with van der Waals surface area (Å²) in [5.74, 6) is -12.8. The van der Waals surface area contributed by atoms with E-state index in [1.807, 2.05) is 0 Å². The maximum atomic E-state index is 12.9. The van der Waals surface area contributed by atoms with Crippen LogP contribution < -0.4 is 20.4 Å². The van der Waals surface area contributed by atoms with E-state index < -0.39 is 187 Å². The van der Waals surface area contributed by atoms with E-state index in [0.717, 1.165) is 0 Å². The molecule has 105 heavy (non-hydrogen) atoms. The second-order valence-electron chi connectivity index (χ2n) is 36.9. The number of hydrogen-bond donors (Lipinski definition) is 0. The Morgan fingerprint density at radius 1 is 0.171 bits per heavy atom. The Morgan fingerprint density at radius 2 is 0.238 bits per heavy atom. The number of rotatable bonds is 24. The first-order valence-electron chi connectivity index (χ1n) is 34.9. The Morgan fingerprint density at radius 3 is 0.286 bits per heavy atom. The molecule has 0 heterocycles. The second-order valence-corrected chi connectivity index (χ2v) is 36.9. The molecule has 0 aliphatic rings. The van der Waals surface area contributed by atoms with Gasteiger partial charge < -0.3 is 77.3 Å². The van der Waals surface area contributed by atoms with Crippen LogP contribution in [0.2, 0.25) is 0 Å². The summed E-state index contributed by atoms with van der Waals surface area (Å²) >= 11 is 0. The first kappa shape index (κ1) is 108. The molecule has 29 heteroatoms. The number of carbonyl (C=O) groups excluding carboxylic acids is 12. The van der Waals surface area contributed by atoms with Crippen LogP contribution in [0.5, 0.6) is 0 Å². The van der Waals surface area contributed by atoms with E-state index in [1.165, 1.54) is 0 Å². The molecule has 0 bridgehead atoms. The van der Waals surface area contributed by atoms with Crippen molar-refractivity contribution in [3.8, 4) is 0 Å². The molecule has 0 atom stereocenters. The first-order chi connectivity index (χ1) is 45.8. The van der Waals surface area contributed by atoms with Crippen molar-refractivity contribution in [3.63, 3.8) is 0 Å². The molecular weight excluding hydrogens is 1410 g/mol. The van der Waals surface area contributed by atoms with E-state index >= 15 is 0 Å². The second kappa shape index (κ2) is 41.1. The molecule has 0 N–H and O–H groups in total. The Labute approximate surface area is 641 Å². The zero-order valence-corrected chi connectivity index (χ0v) is 72.0. The Kier molecular flexibility index (Phi) is 42.2. The van der Waals surface area contributed by atoms with Crippen LogP contribution in [0.15, 0.2) is 0 Å². The molecule has 0 spiro atoms. The first-order valence-corrected chi connectivity index (χ1v) is 34.9. The smallest absolute Gasteiger partial charge is 0.854 e. The molecule has 0 aromatic rings. The van der Waals surface area contributed by atoms with E-state index in [4.69, 9.17) is 56.8 Å². The molecule has 28 nitrogen and oxygen atoms in total. The summed E-state index contributed by atoms with van der Waals surface area (Å²) in [6, 6.07) is 0. The van der Waals surface area contributed by atoms with Gasteiger partial charge in [0.05, 0.1) is 0 Å². The van der Waals surface area contributed by atoms with Gasteiger partial charge in [0.25, 0.3) is 21.7 Å². The van der Waals surface area contributed by atoms with Crippen molar-refractivity contribution in [1.29, 1.82) is 0 Å². The van der Waals surface area contributed by atoms with Crippen LogP contribution in [0.3, 0.4) is 0 Å². The maximum Gasteiger partial charge on any atom is 4.00 e. The van der Waals surface area contributed by atoms with Gasteiger partial charge in [0, 0.05) is 0 Å². The van der Waals surface area contributed by atoms with Gasteiger partial charge in [0.1, 0.15) is 67.2 Å². The van der Waals surface area contributed by atoms with Crippen LogP contribution in [-0.2, 0) is 136 Å². The maximum absolute atomic E-state index is 12.9. The van der Waals surface area contributed by atoms with Crippen molar-refractivity contribution >= 4 is 71.6 Å². The molecule has 0 saturated heterocycles. The molecule has 0 rings (SSSR count). The van der Waals surface area contributed by atoms with Crippen LogP contribution >= 0.6 is 0 Å². The van der Waals surface area contributed by atoms with Gasteiger partial charge in [-0.25, -0.2) is 0 Å². The Hall–Kier alpha value is -5.81. The Bertz CT molecular complexity index is 2180. The van der Waals surface area contributed by atoms with Crippen molar-refractivity contribution in [3.05, 3.63) is 0 Å². The van der Waals surface area contributed by atoms with Crippen LogP contribution in [0.4, 0.5) is 0 Å². The number of ether oxygens (including phenoxy) is 12. The van der Waals surface area contributed by atoms with E-state index in [9.17, 15) is 78.0 Å². The molecule has 608 valence electrons. The summed E-state index contributed by atoms with van der Waals surface area (Å²) < 4.78 is 63.9. The van der Waals surface area contributed by atoms with Crippen LogP contribution in [0, 0.1) is 21.7 Å². The molecule has 0 radical (unpaired) electrons. The summed E-state index contributed by atoms with van der Waals surface area (Å²) in [7, 11) is 0. The topological polar surface area (TPSA) is 408 Å². The summed E-state index contributed by atoms with van der Waals surface area (Å²) in [6.07, 6.45) is -1.69. The van der Waals surface area contributed by atoms with E-state index in [-0.39, 0.29) is 73.1 Å². The minimum Gasteiger partial charge on any atom is -0.854 e. The van der Waals surface area contributed by atoms with Gasteiger partial charge in [-0.15, -0.1) is 26.4 Å². The molecule has 0 unspecified atom stereocenters. The molecular formula is C76H132O28Ti. The third-order valence-corrected chi connectivity index (χ3v) is 11.8. The summed E-state index contributed by atoms with van der Waals surface area (Å²) in [6.45, 7) is 56.0. The van der Waals surface area contributed by atoms with Crippen molar-refractivity contribution in [1.82, 2.24) is 0 Å². The van der Waals surface area contributed by atoms with Gasteiger partial charge in [0.2, 0.25) is 0 Å². The quantitative estimate of drug-likeness (QED) is 0.0378. The van der Waals surface area contributed by atoms with Crippen molar-refractivity contribution < 1.29 is 157 Å². The SMILES string of the molecule is CC(C)(C)OC(=O)C(CCC[O-])(C(=O)OC(C)(C)C)C(=O)OC(C)(C)C.CC(C)(C)OC(=O)C(CCC[O-])(C(=O)OC(C)(C)C)C(=O)OC(C)(C)C.CC(C)(C)OC(=O)C(CCC[O-])(C(=O)OC(C)(C)C)C(=O)OC(C)(C)C.CC(C)(C)OC(=O)C(CCC[O-])(C(=O)OC(C)(C)C)C(=O)OC(C)(C)C.[Ti+4]. The van der Waals surface area contributed by atoms with Crippen molar-refractivity contribution in [2.45, 2.75) is 368 Å². The van der Waals surface area contributed by atoms with Gasteiger partial charge in [-0.3, -0.25) is 57.5 Å². The van der Waals surface area contributed by atoms with Crippen LogP contribution in [-0.4, -0.2) is 165 Å². The normalized spacial score (nSPS) is 13.0. The predicted octanol–water partition coefficient (Wildman–Crippen LogP) is 8.55. The monoisotopic (exact) mass is 1540 g/mol. The summed E-state index contributed by atoms with van der Waals surface area (Å²) in [5, 5.41) is 44.2. The zero-order chi connectivity index (χ0) is 83.9. The van der Waals surface area contributed by atoms with Gasteiger partial charge in [-0.1, -0.05) is 25.7 Å². The largest absolute Gasteiger partial charge is 4.00 e. The predicted molar refractivity (Wildman–Crippen MR) is 376 cm³/mol. The number of carbonyl (C=O) groups is 12. The molecule has 0 aliphatic carbocycles. The molecule has 0 amide bonds. The summed E-state index contributed by atoms with van der Waals surface area (Å²) in [4.78, 5) is 155. The Balaban J connectivity index is -0.000000422. The van der Waals surface area contributed by atoms with E-state index in [0.29, 0.717) is 0 Å². The average Bonchev–Trinajstić information content (AvgIpc) is 0.794. The van der Waals surface area contributed by atoms with Crippen LogP contribution in [0.1, 0.15) is 301 Å². The van der Waals surface area contributed by atoms with Gasteiger partial charge in [-0.05, 0) is 275 Å². The minimum absolute atomic E-state index is 0. The standard InChI is InChI=1S/4C19H33O7.Ti/c4*1-16(2,3)24-13(21)19(11-10-12-20,14(22)25-17(4,5)6)15(23)26-18(7,8)9;/h4*10-12H2,1-9H3;/q4*-1;+4. The van der Waals surface area contributed by atoms with Crippen LogP contribution in [0.25, 0.3) is 0 Å². The van der Waals surface area contributed by atoms with E-state index in [2.05, 4.69) is 0 Å². The van der Waals surface area contributed by atoms with Gasteiger partial charge in [0.15, 0.2) is 0 Å². The molecule has 0 aromatic carbocycles. The fourth-order valence-electron chi connectivity index (χ4n) is 7.96. The number of esters is 12. The van der Waals surface area contributed by atoms with Gasteiger partial charge in [-0.2, -0.15) is 0 Å². The molecule has 0 aromatic heterocycles. The van der Waals surface area contributed by atoms with E-state index in [1.54, 1.807) is 249 Å². The third-order valence-electron chi connectivity index (χ3n) is 11.8. The fraction of sp³-hybridized carbons (Fsp3) is 0.842. The summed E-state index contributed by atoms with van der Waals surface area (Å²) in [5.41, 5.74) is -20.6.